The Hall–Kier alpha value is -2.74. The summed E-state index contributed by atoms with van der Waals surface area (Å²) in [4.78, 5) is 12.2. The molecule has 26 heavy (non-hydrogen) atoms. The first-order valence-electron chi connectivity index (χ1n) is 8.03. The fourth-order valence-corrected chi connectivity index (χ4v) is 2.94. The van der Waals surface area contributed by atoms with Crippen LogP contribution in [0.1, 0.15) is 17.5 Å². The summed E-state index contributed by atoms with van der Waals surface area (Å²) < 4.78 is 40.6. The van der Waals surface area contributed by atoms with Crippen molar-refractivity contribution in [2.75, 3.05) is 10.6 Å². The van der Waals surface area contributed by atoms with E-state index in [1.54, 1.807) is 6.07 Å². The van der Waals surface area contributed by atoms with E-state index in [0.717, 1.165) is 29.7 Å². The van der Waals surface area contributed by atoms with Gasteiger partial charge in [0.25, 0.3) is 0 Å². The zero-order valence-corrected chi connectivity index (χ0v) is 13.6. The van der Waals surface area contributed by atoms with E-state index in [2.05, 4.69) is 15.4 Å². The lowest BCUT2D eigenvalue weighted by Gasteiger charge is -2.23. The Balaban J connectivity index is 1.70. The fourth-order valence-electron chi connectivity index (χ4n) is 2.94. The molecule has 8 heteroatoms. The van der Waals surface area contributed by atoms with Gasteiger partial charge in [-0.15, -0.1) is 13.2 Å². The van der Waals surface area contributed by atoms with E-state index >= 15 is 0 Å². The molecule has 138 valence electrons. The van der Waals surface area contributed by atoms with Crippen molar-refractivity contribution in [3.8, 4) is 5.75 Å². The van der Waals surface area contributed by atoms with E-state index in [1.807, 2.05) is 12.1 Å². The van der Waals surface area contributed by atoms with Crippen LogP contribution in [0.4, 0.5) is 29.3 Å². The number of rotatable bonds is 3. The van der Waals surface area contributed by atoms with Gasteiger partial charge in [0.2, 0.25) is 0 Å². The second-order valence-corrected chi connectivity index (χ2v) is 5.99. The molecule has 0 aliphatic heterocycles. The van der Waals surface area contributed by atoms with Gasteiger partial charge < -0.3 is 20.5 Å². The van der Waals surface area contributed by atoms with Gasteiger partial charge in [-0.1, -0.05) is 18.2 Å². The zero-order valence-electron chi connectivity index (χ0n) is 13.6. The maximum Gasteiger partial charge on any atom is 0.573 e. The zero-order chi connectivity index (χ0) is 18.7. The van der Waals surface area contributed by atoms with E-state index in [9.17, 15) is 23.1 Å². The highest BCUT2D eigenvalue weighted by Crippen LogP contribution is 2.29. The summed E-state index contributed by atoms with van der Waals surface area (Å²) in [5.41, 5.74) is 2.67. The number of aryl methyl sites for hydroxylation is 1. The quantitative estimate of drug-likeness (QED) is 0.767. The molecule has 2 aromatic rings. The molecule has 0 radical (unpaired) electrons. The number of aliphatic hydroxyl groups excluding tert-OH is 1. The number of fused-ring (bicyclic) bond motifs is 1. The van der Waals surface area contributed by atoms with E-state index in [0.29, 0.717) is 18.5 Å². The van der Waals surface area contributed by atoms with E-state index in [4.69, 9.17) is 0 Å². The van der Waals surface area contributed by atoms with E-state index in [-0.39, 0.29) is 5.69 Å². The molecule has 1 aliphatic carbocycles. The highest BCUT2D eigenvalue weighted by atomic mass is 19.4. The Morgan fingerprint density at radius 1 is 1.15 bits per heavy atom. The number of hydrogen-bond donors (Lipinski definition) is 3. The van der Waals surface area contributed by atoms with Crippen LogP contribution < -0.4 is 15.4 Å². The fraction of sp³-hybridized carbons (Fsp3) is 0.278. The summed E-state index contributed by atoms with van der Waals surface area (Å²) in [6.45, 7) is 0. The van der Waals surface area contributed by atoms with Crippen LogP contribution in [0.5, 0.6) is 5.75 Å². The average molecular weight is 366 g/mol. The first-order chi connectivity index (χ1) is 12.3. The monoisotopic (exact) mass is 366 g/mol. The Morgan fingerprint density at radius 3 is 2.69 bits per heavy atom. The number of amides is 2. The molecular formula is C18H17F3N2O3. The standard InChI is InChI=1S/C18H17F3N2O3/c19-18(20,21)26-14-5-2-4-12(9-14)22-17(25)23-16-6-1-3-11-7-8-13(24)10-15(11)16/h1-6,9,13,24H,7-8,10H2,(H2,22,23,25). The minimum atomic E-state index is -4.80. The number of urea groups is 1. The first kappa shape index (κ1) is 18.1. The van der Waals surface area contributed by atoms with E-state index < -0.39 is 24.2 Å². The minimum Gasteiger partial charge on any atom is -0.406 e. The minimum absolute atomic E-state index is 0.161. The largest absolute Gasteiger partial charge is 0.573 e. The Bertz CT molecular complexity index is 809. The number of hydrogen-bond acceptors (Lipinski definition) is 3. The third-order valence-electron chi connectivity index (χ3n) is 4.03. The molecule has 0 bridgehead atoms. The van der Waals surface area contributed by atoms with Gasteiger partial charge in [-0.2, -0.15) is 0 Å². The van der Waals surface area contributed by atoms with Crippen LogP contribution >= 0.6 is 0 Å². The highest BCUT2D eigenvalue weighted by Gasteiger charge is 2.31. The lowest BCUT2D eigenvalue weighted by molar-refractivity contribution is -0.274. The number of anilines is 2. The predicted molar refractivity (Wildman–Crippen MR) is 90.2 cm³/mol. The molecule has 5 nitrogen and oxygen atoms in total. The van der Waals surface area contributed by atoms with Gasteiger partial charge in [0.15, 0.2) is 0 Å². The summed E-state index contributed by atoms with van der Waals surface area (Å²) in [7, 11) is 0. The van der Waals surface area contributed by atoms with Crippen molar-refractivity contribution in [3.05, 3.63) is 53.6 Å². The number of carbonyl (C=O) groups excluding carboxylic acids is 1. The van der Waals surface area contributed by atoms with Crippen LogP contribution in [0.15, 0.2) is 42.5 Å². The van der Waals surface area contributed by atoms with Crippen molar-refractivity contribution in [1.82, 2.24) is 0 Å². The molecule has 2 amide bonds. The predicted octanol–water partition coefficient (Wildman–Crippen LogP) is 4.08. The number of carbonyl (C=O) groups is 1. The lowest BCUT2D eigenvalue weighted by atomic mass is 9.88. The molecule has 0 saturated carbocycles. The van der Waals surface area contributed by atoms with E-state index in [1.165, 1.54) is 12.1 Å². The van der Waals surface area contributed by atoms with Crippen molar-refractivity contribution in [1.29, 1.82) is 0 Å². The first-order valence-corrected chi connectivity index (χ1v) is 8.03. The van der Waals surface area contributed by atoms with Gasteiger partial charge in [-0.05, 0) is 42.2 Å². The number of ether oxygens (including phenoxy) is 1. The van der Waals surface area contributed by atoms with Crippen LogP contribution in [-0.2, 0) is 12.8 Å². The number of alkyl halides is 3. The number of benzene rings is 2. The average Bonchev–Trinajstić information content (AvgIpc) is 2.54. The lowest BCUT2D eigenvalue weighted by Crippen LogP contribution is -2.24. The van der Waals surface area contributed by atoms with Gasteiger partial charge in [-0.3, -0.25) is 0 Å². The highest BCUT2D eigenvalue weighted by molar-refractivity contribution is 6.00. The van der Waals surface area contributed by atoms with Crippen molar-refractivity contribution in [2.45, 2.75) is 31.7 Å². The van der Waals surface area contributed by atoms with Crippen LogP contribution in [0.2, 0.25) is 0 Å². The molecule has 1 unspecified atom stereocenters. The van der Waals surface area contributed by atoms with Gasteiger partial charge in [0.1, 0.15) is 5.75 Å². The topological polar surface area (TPSA) is 70.6 Å². The molecule has 0 aromatic heterocycles. The van der Waals surface area contributed by atoms with Crippen LogP contribution in [0.3, 0.4) is 0 Å². The molecule has 1 atom stereocenters. The smallest absolute Gasteiger partial charge is 0.406 e. The molecule has 0 heterocycles. The second-order valence-electron chi connectivity index (χ2n) is 5.99. The molecule has 3 rings (SSSR count). The van der Waals surface area contributed by atoms with Crippen molar-refractivity contribution >= 4 is 17.4 Å². The number of halogens is 3. The maximum absolute atomic E-state index is 12.3. The Kier molecular flexibility index (Phi) is 5.03. The Labute approximate surface area is 147 Å². The molecular weight excluding hydrogens is 349 g/mol. The summed E-state index contributed by atoms with van der Waals surface area (Å²) in [5.74, 6) is -0.421. The third-order valence-corrected chi connectivity index (χ3v) is 4.03. The third kappa shape index (κ3) is 4.66. The van der Waals surface area contributed by atoms with Crippen molar-refractivity contribution < 1.29 is 27.8 Å². The van der Waals surface area contributed by atoms with Crippen LogP contribution in [0, 0.1) is 0 Å². The molecule has 0 fully saturated rings. The van der Waals surface area contributed by atoms with Crippen LogP contribution in [0.25, 0.3) is 0 Å². The molecule has 2 aromatic carbocycles. The molecule has 1 aliphatic rings. The summed E-state index contributed by atoms with van der Waals surface area (Å²) >= 11 is 0. The summed E-state index contributed by atoms with van der Waals surface area (Å²) in [6, 6.07) is 9.90. The van der Waals surface area contributed by atoms with Crippen LogP contribution in [-0.4, -0.2) is 23.6 Å². The maximum atomic E-state index is 12.3. The molecule has 3 N–H and O–H groups in total. The van der Waals surface area contributed by atoms with Gasteiger partial charge in [0.05, 0.1) is 6.10 Å². The van der Waals surface area contributed by atoms with Crippen molar-refractivity contribution in [3.63, 3.8) is 0 Å². The number of nitrogens with one attached hydrogen (secondary N) is 2. The number of aliphatic hydroxyl groups is 1. The SMILES string of the molecule is O=C(Nc1cccc(OC(F)(F)F)c1)Nc1cccc2c1CC(O)CC2. The summed E-state index contributed by atoms with van der Waals surface area (Å²) in [5, 5.41) is 15.0. The second kappa shape index (κ2) is 7.25. The normalized spacial score (nSPS) is 16.5. The Morgan fingerprint density at radius 2 is 1.92 bits per heavy atom. The van der Waals surface area contributed by atoms with Gasteiger partial charge >= 0.3 is 12.4 Å². The van der Waals surface area contributed by atoms with Crippen molar-refractivity contribution in [2.24, 2.45) is 0 Å². The molecule has 0 saturated heterocycles. The van der Waals surface area contributed by atoms with Gasteiger partial charge in [0, 0.05) is 23.9 Å². The van der Waals surface area contributed by atoms with Gasteiger partial charge in [-0.25, -0.2) is 4.79 Å². The summed E-state index contributed by atoms with van der Waals surface area (Å²) in [6.07, 6.45) is -3.41. The molecule has 0 spiro atoms.